The lowest BCUT2D eigenvalue weighted by molar-refractivity contribution is -0.226. The van der Waals surface area contributed by atoms with Crippen molar-refractivity contribution in [3.8, 4) is 0 Å². The number of carbonyl (C=O) groups is 4. The van der Waals surface area contributed by atoms with Crippen LogP contribution in [0.1, 0.15) is 74.1 Å². The van der Waals surface area contributed by atoms with Crippen molar-refractivity contribution in [1.82, 2.24) is 0 Å². The van der Waals surface area contributed by atoms with Crippen LogP contribution in [0.2, 0.25) is 0 Å². The molecule has 2 heterocycles. The Morgan fingerprint density at radius 3 is 2.19 bits per heavy atom. The van der Waals surface area contributed by atoms with Crippen LogP contribution in [0.25, 0.3) is 0 Å². The molecular formula is C30H42O12. The second kappa shape index (κ2) is 11.0. The first-order valence-electron chi connectivity index (χ1n) is 14.4. The van der Waals surface area contributed by atoms with Crippen molar-refractivity contribution >= 4 is 23.9 Å². The van der Waals surface area contributed by atoms with E-state index in [1.54, 1.807) is 13.8 Å². The normalized spacial score (nSPS) is 45.2. The van der Waals surface area contributed by atoms with Crippen LogP contribution in [-0.4, -0.2) is 92.6 Å². The van der Waals surface area contributed by atoms with Crippen molar-refractivity contribution in [2.24, 2.45) is 11.3 Å². The van der Waals surface area contributed by atoms with Gasteiger partial charge in [-0.3, -0.25) is 14.4 Å². The summed E-state index contributed by atoms with van der Waals surface area (Å²) in [5.41, 5.74) is -6.66. The van der Waals surface area contributed by atoms with E-state index in [2.05, 4.69) is 0 Å². The third-order valence-corrected chi connectivity index (χ3v) is 9.31. The summed E-state index contributed by atoms with van der Waals surface area (Å²) in [5, 5.41) is 34.8. The first-order chi connectivity index (χ1) is 19.5. The van der Waals surface area contributed by atoms with Crippen LogP contribution < -0.4 is 0 Å². The highest BCUT2D eigenvalue weighted by Crippen LogP contribution is 2.65. The number of unbranched alkanes of at least 4 members (excludes halogenated alkanes) is 2. The molecule has 0 aromatic heterocycles. The molecule has 1 spiro atoms. The highest BCUT2D eigenvalue weighted by Gasteiger charge is 2.88. The molecule has 1 unspecified atom stereocenters. The average Bonchev–Trinajstić information content (AvgIpc) is 3.48. The Kier molecular flexibility index (Phi) is 8.44. The Bertz CT molecular complexity index is 1190. The van der Waals surface area contributed by atoms with E-state index in [-0.39, 0.29) is 12.0 Å². The number of fused-ring (bicyclic) bond motifs is 1. The first kappa shape index (κ1) is 32.1. The number of carbonyl (C=O) groups excluding carboxylic acids is 4. The number of esters is 4. The van der Waals surface area contributed by atoms with Gasteiger partial charge in [0.05, 0.1) is 5.60 Å². The van der Waals surface area contributed by atoms with Gasteiger partial charge < -0.3 is 39.0 Å². The zero-order valence-electron chi connectivity index (χ0n) is 25.1. The van der Waals surface area contributed by atoms with E-state index in [0.717, 1.165) is 26.7 Å². The maximum absolute atomic E-state index is 13.1. The number of rotatable bonds is 7. The fraction of sp³-hybridized carbons (Fsp3) is 0.733. The minimum atomic E-state index is -2.08. The lowest BCUT2D eigenvalue weighted by atomic mass is 9.55. The van der Waals surface area contributed by atoms with E-state index in [9.17, 15) is 34.5 Å². The topological polar surface area (TPSA) is 178 Å². The van der Waals surface area contributed by atoms with E-state index >= 15 is 0 Å². The van der Waals surface area contributed by atoms with Crippen LogP contribution in [0.5, 0.6) is 0 Å². The van der Waals surface area contributed by atoms with Crippen LogP contribution in [-0.2, 0) is 42.9 Å². The molecule has 0 aromatic rings. The number of aliphatic hydroxyl groups is 3. The van der Waals surface area contributed by atoms with Gasteiger partial charge in [-0.05, 0) is 38.8 Å². The van der Waals surface area contributed by atoms with Gasteiger partial charge in [-0.2, -0.15) is 0 Å². The van der Waals surface area contributed by atoms with Gasteiger partial charge in [-0.25, -0.2) is 4.79 Å². The summed E-state index contributed by atoms with van der Waals surface area (Å²) in [5.74, 6) is -4.23. The minimum absolute atomic E-state index is 0.0847. The molecule has 0 aromatic carbocycles. The number of hydrogen-bond donors (Lipinski definition) is 3. The van der Waals surface area contributed by atoms with Crippen molar-refractivity contribution in [3.63, 3.8) is 0 Å². The largest absolute Gasteiger partial charge is 0.459 e. The summed E-state index contributed by atoms with van der Waals surface area (Å²) in [4.78, 5) is 51.1. The van der Waals surface area contributed by atoms with Gasteiger partial charge in [-0.15, -0.1) is 0 Å². The summed E-state index contributed by atoms with van der Waals surface area (Å²) in [6.45, 7) is 10.2. The quantitative estimate of drug-likeness (QED) is 0.127. The van der Waals surface area contributed by atoms with Crippen molar-refractivity contribution in [1.29, 1.82) is 0 Å². The smallest absolute Gasteiger partial charge is 0.342 e. The van der Waals surface area contributed by atoms with Crippen LogP contribution in [0.3, 0.4) is 0 Å². The second-order valence-electron chi connectivity index (χ2n) is 12.5. The van der Waals surface area contributed by atoms with E-state index in [4.69, 9.17) is 23.7 Å². The van der Waals surface area contributed by atoms with E-state index in [1.807, 2.05) is 6.92 Å². The molecule has 4 aliphatic rings. The van der Waals surface area contributed by atoms with Crippen LogP contribution >= 0.6 is 0 Å². The molecule has 2 aliphatic carbocycles. The monoisotopic (exact) mass is 594 g/mol. The third-order valence-electron chi connectivity index (χ3n) is 9.31. The molecule has 12 heteroatoms. The number of aliphatic hydroxyl groups excluding tert-OH is 2. The summed E-state index contributed by atoms with van der Waals surface area (Å²) in [6.07, 6.45) is -2.15. The van der Waals surface area contributed by atoms with Crippen LogP contribution in [0.15, 0.2) is 23.8 Å². The highest BCUT2D eigenvalue weighted by atomic mass is 16.7. The van der Waals surface area contributed by atoms with Gasteiger partial charge in [0.1, 0.15) is 24.4 Å². The zero-order valence-corrected chi connectivity index (χ0v) is 25.1. The predicted molar refractivity (Wildman–Crippen MR) is 144 cm³/mol. The molecule has 3 N–H and O–H groups in total. The summed E-state index contributed by atoms with van der Waals surface area (Å²) < 4.78 is 29.2. The van der Waals surface area contributed by atoms with Crippen LogP contribution in [0.4, 0.5) is 0 Å². The van der Waals surface area contributed by atoms with E-state index in [1.165, 1.54) is 32.1 Å². The molecule has 2 fully saturated rings. The highest BCUT2D eigenvalue weighted by molar-refractivity contribution is 5.89. The molecule has 0 radical (unpaired) electrons. The number of hydrogen-bond acceptors (Lipinski definition) is 12. The maximum Gasteiger partial charge on any atom is 0.342 e. The van der Waals surface area contributed by atoms with Gasteiger partial charge in [0.25, 0.3) is 0 Å². The van der Waals surface area contributed by atoms with Crippen LogP contribution in [0, 0.1) is 11.3 Å². The lowest BCUT2D eigenvalue weighted by Crippen LogP contribution is -2.68. The molecular weight excluding hydrogens is 552 g/mol. The Hall–Kier alpha value is -2.80. The fourth-order valence-electron chi connectivity index (χ4n) is 7.09. The second-order valence-corrected chi connectivity index (χ2v) is 12.5. The third kappa shape index (κ3) is 4.95. The van der Waals surface area contributed by atoms with E-state index < -0.39 is 88.6 Å². The molecule has 0 bridgehead atoms. The molecule has 11 atom stereocenters. The molecule has 4 rings (SSSR count). The zero-order chi connectivity index (χ0) is 31.4. The maximum atomic E-state index is 13.1. The van der Waals surface area contributed by atoms with E-state index in [0.29, 0.717) is 6.42 Å². The van der Waals surface area contributed by atoms with Crippen molar-refractivity contribution in [2.75, 3.05) is 0 Å². The standard InChI is InChI=1S/C30H42O12/c1-8-9-10-11-20(34)41-22-15(2)14-19-30(29(7,42-30)26(36)40-19)25(39-17(4)32)23-27(5,13-12-18(33)28(23,6)37)24(21(22)35)38-16(3)31/h12-14,18-19,21-25,33,35,37H,8-11H2,1-7H3/b15-14-/t18-,19+,21-,22+,23-,24+,25+,27+,28-,29?,30+/m1/s1. The van der Waals surface area contributed by atoms with Gasteiger partial charge in [0, 0.05) is 31.6 Å². The summed E-state index contributed by atoms with van der Waals surface area (Å²) in [7, 11) is 0. The minimum Gasteiger partial charge on any atom is -0.459 e. The molecule has 234 valence electrons. The first-order valence-corrected chi connectivity index (χ1v) is 14.4. The van der Waals surface area contributed by atoms with Crippen molar-refractivity contribution in [2.45, 2.75) is 128 Å². The van der Waals surface area contributed by atoms with Gasteiger partial charge >= 0.3 is 23.9 Å². The summed E-state index contributed by atoms with van der Waals surface area (Å²) >= 11 is 0. The van der Waals surface area contributed by atoms with Gasteiger partial charge in [0.2, 0.25) is 0 Å². The predicted octanol–water partition coefficient (Wildman–Crippen LogP) is 1.42. The average molecular weight is 595 g/mol. The molecule has 2 saturated heterocycles. The molecule has 0 amide bonds. The molecule has 42 heavy (non-hydrogen) atoms. The lowest BCUT2D eigenvalue weighted by Gasteiger charge is -2.55. The van der Waals surface area contributed by atoms with Gasteiger partial charge in [-0.1, -0.05) is 38.8 Å². The number of epoxide rings is 1. The van der Waals surface area contributed by atoms with Crippen molar-refractivity contribution < 1.29 is 58.2 Å². The Balaban J connectivity index is 1.98. The molecule has 2 aliphatic heterocycles. The Morgan fingerprint density at radius 2 is 1.62 bits per heavy atom. The Morgan fingerprint density at radius 1 is 1.00 bits per heavy atom. The molecule has 12 nitrogen and oxygen atoms in total. The summed E-state index contributed by atoms with van der Waals surface area (Å²) in [6, 6.07) is 0. The van der Waals surface area contributed by atoms with Crippen molar-refractivity contribution in [3.05, 3.63) is 23.8 Å². The Labute approximate surface area is 245 Å². The number of ether oxygens (including phenoxy) is 5. The fourth-order valence-corrected chi connectivity index (χ4v) is 7.09. The SMILES string of the molecule is CCCCCC(=O)O[C@H]1/C(C)=C\[C@@H]2OC(=O)C3(C)O[C@]23[C@@H](OC(C)=O)[C@H]2[C@](C)(O)[C@H](O)C=C[C@]2(C)[C@@H](OC(C)=O)[C@@H]1O. The van der Waals surface area contributed by atoms with Gasteiger partial charge in [0.15, 0.2) is 23.4 Å². The molecule has 0 saturated carbocycles.